The molecule has 0 aliphatic heterocycles. The highest BCUT2D eigenvalue weighted by atomic mass is 16.3. The topological polar surface area (TPSA) is 80.9 Å². The van der Waals surface area contributed by atoms with Crippen LogP contribution in [0, 0.1) is 0 Å². The van der Waals surface area contributed by atoms with Crippen molar-refractivity contribution in [1.29, 1.82) is 0 Å². The van der Waals surface area contributed by atoms with E-state index < -0.39 is 0 Å². The van der Waals surface area contributed by atoms with Crippen LogP contribution in [-0.4, -0.2) is 37.5 Å². The van der Waals surface area contributed by atoms with Crippen LogP contribution in [0.2, 0.25) is 0 Å². The molecule has 0 bridgehead atoms. The smallest absolute Gasteiger partial charge is 0.185 e. The lowest BCUT2D eigenvalue weighted by atomic mass is 10.3. The van der Waals surface area contributed by atoms with E-state index in [1.807, 2.05) is 12.1 Å². The maximum atomic E-state index is 11.1. The van der Waals surface area contributed by atoms with Crippen LogP contribution in [0.15, 0.2) is 24.5 Å². The van der Waals surface area contributed by atoms with E-state index in [2.05, 4.69) is 15.0 Å². The molecule has 6 nitrogen and oxygen atoms in total. The van der Waals surface area contributed by atoms with E-state index in [-0.39, 0.29) is 6.61 Å². The highest BCUT2D eigenvalue weighted by Crippen LogP contribution is 2.22. The lowest BCUT2D eigenvalue weighted by molar-refractivity contribution is 0.111. The van der Waals surface area contributed by atoms with Crippen molar-refractivity contribution < 1.29 is 9.90 Å². The minimum atomic E-state index is 0.0639. The highest BCUT2D eigenvalue weighted by molar-refractivity contribution is 6.00. The number of aliphatic hydroxyl groups is 1. The van der Waals surface area contributed by atoms with Crippen LogP contribution in [0.1, 0.15) is 17.0 Å². The van der Waals surface area contributed by atoms with Crippen molar-refractivity contribution in [2.45, 2.75) is 13.0 Å². The second-order valence-electron chi connectivity index (χ2n) is 4.18. The molecule has 96 valence electrons. The molecule has 0 saturated heterocycles. The van der Waals surface area contributed by atoms with Crippen molar-refractivity contribution in [3.05, 3.63) is 30.4 Å². The molecule has 0 amide bonds. The molecule has 0 atom stereocenters. The van der Waals surface area contributed by atoms with Crippen LogP contribution >= 0.6 is 0 Å². The van der Waals surface area contributed by atoms with Crippen LogP contribution in [0.4, 0.5) is 0 Å². The molecular weight excluding hydrogens is 244 g/mol. The van der Waals surface area contributed by atoms with Crippen LogP contribution in [0.3, 0.4) is 0 Å². The number of aromatic nitrogens is 4. The summed E-state index contributed by atoms with van der Waals surface area (Å²) in [6, 6.07) is 3.68. The Labute approximate surface area is 108 Å². The summed E-state index contributed by atoms with van der Waals surface area (Å²) >= 11 is 0. The first kappa shape index (κ1) is 11.7. The number of nitrogens with zero attached hydrogens (tertiary/aromatic N) is 4. The number of fused-ring (bicyclic) bond motifs is 3. The number of aryl methyl sites for hydroxylation is 1. The molecule has 0 aliphatic carbocycles. The average Bonchev–Trinajstić information content (AvgIpc) is 2.83. The summed E-state index contributed by atoms with van der Waals surface area (Å²) in [5, 5.41) is 8.96. The average molecular weight is 256 g/mol. The summed E-state index contributed by atoms with van der Waals surface area (Å²) in [6.07, 6.45) is 4.60. The zero-order valence-corrected chi connectivity index (χ0v) is 10.2. The van der Waals surface area contributed by atoms with E-state index in [9.17, 15) is 4.79 Å². The third-order valence-corrected chi connectivity index (χ3v) is 3.01. The number of hydrogen-bond acceptors (Lipinski definition) is 5. The molecule has 3 aromatic heterocycles. The van der Waals surface area contributed by atoms with Gasteiger partial charge in [-0.1, -0.05) is 0 Å². The number of hydrogen-bond donors (Lipinski definition) is 1. The number of carbonyl (C=O) groups is 1. The van der Waals surface area contributed by atoms with Gasteiger partial charge in [0.05, 0.1) is 17.2 Å². The third kappa shape index (κ3) is 1.86. The number of aldehydes is 1. The second kappa shape index (κ2) is 4.74. The van der Waals surface area contributed by atoms with E-state index in [4.69, 9.17) is 5.11 Å². The van der Waals surface area contributed by atoms with Gasteiger partial charge in [-0.2, -0.15) is 0 Å². The van der Waals surface area contributed by atoms with Crippen molar-refractivity contribution >= 4 is 28.4 Å². The number of carbonyl (C=O) groups excluding carboxylic acids is 1. The second-order valence-corrected chi connectivity index (χ2v) is 4.18. The van der Waals surface area contributed by atoms with Gasteiger partial charge in [0.15, 0.2) is 12.1 Å². The Kier molecular flexibility index (Phi) is 2.92. The van der Waals surface area contributed by atoms with Gasteiger partial charge in [-0.25, -0.2) is 4.98 Å². The van der Waals surface area contributed by atoms with Crippen LogP contribution in [-0.2, 0) is 6.54 Å². The molecule has 3 rings (SSSR count). The fourth-order valence-electron chi connectivity index (χ4n) is 2.19. The summed E-state index contributed by atoms with van der Waals surface area (Å²) < 4.78 is 1.79. The van der Waals surface area contributed by atoms with Crippen molar-refractivity contribution in [1.82, 2.24) is 19.5 Å². The summed E-state index contributed by atoms with van der Waals surface area (Å²) in [5.74, 6) is 0.336. The predicted octanol–water partition coefficient (Wildman–Crippen LogP) is 1.17. The molecule has 0 spiro atoms. The van der Waals surface area contributed by atoms with Crippen LogP contribution < -0.4 is 0 Å². The Morgan fingerprint density at radius 2 is 2.21 bits per heavy atom. The molecule has 19 heavy (non-hydrogen) atoms. The SMILES string of the molecule is O=Cc1nc2cnc3cccnc3c2n1CCCO. The van der Waals surface area contributed by atoms with E-state index in [1.165, 1.54) is 0 Å². The molecule has 1 N–H and O–H groups in total. The molecule has 3 heterocycles. The van der Waals surface area contributed by atoms with Crippen molar-refractivity contribution in [2.24, 2.45) is 0 Å². The third-order valence-electron chi connectivity index (χ3n) is 3.01. The number of rotatable bonds is 4. The van der Waals surface area contributed by atoms with Gasteiger partial charge < -0.3 is 9.67 Å². The van der Waals surface area contributed by atoms with E-state index in [0.29, 0.717) is 30.6 Å². The van der Waals surface area contributed by atoms with E-state index >= 15 is 0 Å². The van der Waals surface area contributed by atoms with Crippen molar-refractivity contribution in [3.63, 3.8) is 0 Å². The fourth-order valence-corrected chi connectivity index (χ4v) is 2.19. The Morgan fingerprint density at radius 3 is 3.00 bits per heavy atom. The van der Waals surface area contributed by atoms with Gasteiger partial charge in [0, 0.05) is 19.3 Å². The molecule has 0 fully saturated rings. The van der Waals surface area contributed by atoms with Gasteiger partial charge in [0.25, 0.3) is 0 Å². The Morgan fingerprint density at radius 1 is 1.32 bits per heavy atom. The molecule has 6 heteroatoms. The van der Waals surface area contributed by atoms with Crippen molar-refractivity contribution in [2.75, 3.05) is 6.61 Å². The van der Waals surface area contributed by atoms with Crippen LogP contribution in [0.5, 0.6) is 0 Å². The van der Waals surface area contributed by atoms with Gasteiger partial charge in [-0.05, 0) is 18.6 Å². The number of imidazole rings is 1. The maximum Gasteiger partial charge on any atom is 0.185 e. The summed E-state index contributed by atoms with van der Waals surface area (Å²) in [6.45, 7) is 0.588. The first-order valence-corrected chi connectivity index (χ1v) is 6.01. The molecule has 0 aliphatic rings. The Bertz CT molecular complexity index is 751. The quantitative estimate of drug-likeness (QED) is 0.709. The normalized spacial score (nSPS) is 11.2. The first-order valence-electron chi connectivity index (χ1n) is 6.01. The minimum Gasteiger partial charge on any atom is -0.396 e. The zero-order chi connectivity index (χ0) is 13.2. The number of pyridine rings is 2. The van der Waals surface area contributed by atoms with E-state index in [0.717, 1.165) is 16.6 Å². The highest BCUT2D eigenvalue weighted by Gasteiger charge is 2.14. The summed E-state index contributed by atoms with van der Waals surface area (Å²) in [4.78, 5) is 24.0. The molecule has 0 saturated carbocycles. The standard InChI is InChI=1S/C13H12N4O2/c18-6-2-5-17-11(8-19)16-10-7-15-9-3-1-4-14-12(9)13(10)17/h1,3-4,7-8,18H,2,5-6H2. The van der Waals surface area contributed by atoms with Gasteiger partial charge in [-0.15, -0.1) is 0 Å². The molecule has 0 aromatic carbocycles. The first-order chi connectivity index (χ1) is 9.35. The molecule has 0 unspecified atom stereocenters. The lowest BCUT2D eigenvalue weighted by Crippen LogP contribution is -2.05. The number of aliphatic hydroxyl groups excluding tert-OH is 1. The van der Waals surface area contributed by atoms with Gasteiger partial charge in [0.2, 0.25) is 0 Å². The van der Waals surface area contributed by atoms with Gasteiger partial charge >= 0.3 is 0 Å². The van der Waals surface area contributed by atoms with Gasteiger partial charge in [-0.3, -0.25) is 14.8 Å². The maximum absolute atomic E-state index is 11.1. The predicted molar refractivity (Wildman–Crippen MR) is 69.9 cm³/mol. The zero-order valence-electron chi connectivity index (χ0n) is 10.2. The molecule has 3 aromatic rings. The Hall–Kier alpha value is -2.34. The Balaban J connectivity index is 2.35. The molecule has 0 radical (unpaired) electrons. The molecular formula is C13H12N4O2. The van der Waals surface area contributed by atoms with Gasteiger partial charge in [0.1, 0.15) is 11.0 Å². The van der Waals surface area contributed by atoms with Crippen LogP contribution in [0.25, 0.3) is 22.1 Å². The lowest BCUT2D eigenvalue weighted by Gasteiger charge is -2.06. The summed E-state index contributed by atoms with van der Waals surface area (Å²) in [5.41, 5.74) is 2.92. The van der Waals surface area contributed by atoms with Crippen molar-refractivity contribution in [3.8, 4) is 0 Å². The largest absolute Gasteiger partial charge is 0.396 e. The fraction of sp³-hybridized carbons (Fsp3) is 0.231. The minimum absolute atomic E-state index is 0.0639. The summed E-state index contributed by atoms with van der Waals surface area (Å²) in [7, 11) is 0. The van der Waals surface area contributed by atoms with E-state index in [1.54, 1.807) is 17.0 Å². The monoisotopic (exact) mass is 256 g/mol.